The number of benzene rings is 2. The summed E-state index contributed by atoms with van der Waals surface area (Å²) in [5.41, 5.74) is 1.47. The average molecular weight is 386 g/mol. The molecule has 1 heterocycles. The standard InChI is InChI=1S/C20H16ClNO5/c1-11-7-12(2)18(15(21)8-11)22-17(23)10-26-19(24)14-9-13-5-3-4-6-16(13)27-20(14)25/h3-9H,10H2,1-2H3,(H,22,23). The molecule has 0 aliphatic heterocycles. The molecule has 1 N–H and O–H groups in total. The van der Waals surface area contributed by atoms with Crippen molar-refractivity contribution in [3.8, 4) is 0 Å². The maximum atomic E-state index is 12.2. The number of carbonyl (C=O) groups is 2. The Labute approximate surface area is 159 Å². The van der Waals surface area contributed by atoms with Crippen molar-refractivity contribution in [1.82, 2.24) is 0 Å². The number of fused-ring (bicyclic) bond motifs is 1. The van der Waals surface area contributed by atoms with Gasteiger partial charge < -0.3 is 14.5 Å². The monoisotopic (exact) mass is 385 g/mol. The fourth-order valence-electron chi connectivity index (χ4n) is 2.66. The third-order valence-corrected chi connectivity index (χ3v) is 4.19. The van der Waals surface area contributed by atoms with Gasteiger partial charge in [-0.3, -0.25) is 4.79 Å². The van der Waals surface area contributed by atoms with Gasteiger partial charge in [0.25, 0.3) is 5.91 Å². The summed E-state index contributed by atoms with van der Waals surface area (Å²) < 4.78 is 10.0. The van der Waals surface area contributed by atoms with E-state index in [0.29, 0.717) is 21.7 Å². The predicted octanol–water partition coefficient (Wildman–Crippen LogP) is 3.86. The molecule has 0 fully saturated rings. The van der Waals surface area contributed by atoms with Crippen molar-refractivity contribution in [2.45, 2.75) is 13.8 Å². The number of aryl methyl sites for hydroxylation is 2. The van der Waals surface area contributed by atoms with Gasteiger partial charge in [0, 0.05) is 5.39 Å². The number of halogens is 1. The van der Waals surface area contributed by atoms with Crippen LogP contribution >= 0.6 is 11.6 Å². The lowest BCUT2D eigenvalue weighted by Crippen LogP contribution is -2.24. The van der Waals surface area contributed by atoms with E-state index in [4.69, 9.17) is 20.8 Å². The molecule has 27 heavy (non-hydrogen) atoms. The molecule has 7 heteroatoms. The highest BCUT2D eigenvalue weighted by atomic mass is 35.5. The normalized spacial score (nSPS) is 10.6. The first-order valence-corrected chi connectivity index (χ1v) is 8.49. The highest BCUT2D eigenvalue weighted by Crippen LogP contribution is 2.27. The molecule has 0 saturated heterocycles. The topological polar surface area (TPSA) is 85.6 Å². The molecule has 2 aromatic carbocycles. The van der Waals surface area contributed by atoms with Crippen LogP contribution in [-0.4, -0.2) is 18.5 Å². The molecule has 3 rings (SSSR count). The Balaban J connectivity index is 1.70. The van der Waals surface area contributed by atoms with Crippen LogP contribution in [0.1, 0.15) is 21.5 Å². The van der Waals surface area contributed by atoms with Crippen molar-refractivity contribution in [2.24, 2.45) is 0 Å². The Morgan fingerprint density at radius 2 is 1.89 bits per heavy atom. The maximum Gasteiger partial charge on any atom is 0.351 e. The van der Waals surface area contributed by atoms with Crippen molar-refractivity contribution in [2.75, 3.05) is 11.9 Å². The molecule has 0 spiro atoms. The summed E-state index contributed by atoms with van der Waals surface area (Å²) in [6.45, 7) is 3.14. The second-order valence-corrected chi connectivity index (χ2v) is 6.46. The third kappa shape index (κ3) is 4.17. The molecular weight excluding hydrogens is 370 g/mol. The second-order valence-electron chi connectivity index (χ2n) is 6.05. The highest BCUT2D eigenvalue weighted by Gasteiger charge is 2.17. The van der Waals surface area contributed by atoms with Crippen LogP contribution in [-0.2, 0) is 9.53 Å². The largest absolute Gasteiger partial charge is 0.452 e. The van der Waals surface area contributed by atoms with Crippen LogP contribution in [0.25, 0.3) is 11.0 Å². The number of carbonyl (C=O) groups excluding carboxylic acids is 2. The van der Waals surface area contributed by atoms with E-state index < -0.39 is 24.1 Å². The van der Waals surface area contributed by atoms with Crippen LogP contribution in [0.2, 0.25) is 5.02 Å². The number of ether oxygens (including phenoxy) is 1. The Kier molecular flexibility index (Phi) is 5.28. The first-order valence-electron chi connectivity index (χ1n) is 8.12. The van der Waals surface area contributed by atoms with Gasteiger partial charge in [0.15, 0.2) is 6.61 Å². The van der Waals surface area contributed by atoms with Crippen LogP contribution in [0.15, 0.2) is 51.7 Å². The van der Waals surface area contributed by atoms with E-state index in [1.54, 1.807) is 37.3 Å². The highest BCUT2D eigenvalue weighted by molar-refractivity contribution is 6.34. The van der Waals surface area contributed by atoms with E-state index in [-0.39, 0.29) is 5.56 Å². The van der Waals surface area contributed by atoms with Crippen LogP contribution in [0.5, 0.6) is 0 Å². The lowest BCUT2D eigenvalue weighted by Gasteiger charge is -2.11. The summed E-state index contributed by atoms with van der Waals surface area (Å²) >= 11 is 6.14. The molecule has 6 nitrogen and oxygen atoms in total. The molecule has 0 saturated carbocycles. The number of rotatable bonds is 4. The Hall–Kier alpha value is -3.12. The van der Waals surface area contributed by atoms with Crippen LogP contribution in [0, 0.1) is 13.8 Å². The van der Waals surface area contributed by atoms with E-state index in [2.05, 4.69) is 5.32 Å². The zero-order valence-electron chi connectivity index (χ0n) is 14.7. The van der Waals surface area contributed by atoms with Crippen molar-refractivity contribution >= 4 is 40.1 Å². The fraction of sp³-hybridized carbons (Fsp3) is 0.150. The van der Waals surface area contributed by atoms with E-state index in [0.717, 1.165) is 11.1 Å². The molecule has 0 atom stereocenters. The molecule has 1 amide bonds. The van der Waals surface area contributed by atoms with Gasteiger partial charge in [0.1, 0.15) is 11.1 Å². The van der Waals surface area contributed by atoms with Crippen molar-refractivity contribution in [3.05, 3.63) is 74.6 Å². The minimum absolute atomic E-state index is 0.272. The molecule has 0 aliphatic carbocycles. The second kappa shape index (κ2) is 7.63. The van der Waals surface area contributed by atoms with Gasteiger partial charge >= 0.3 is 11.6 Å². The average Bonchev–Trinajstić information content (AvgIpc) is 2.62. The number of amides is 1. The van der Waals surface area contributed by atoms with Crippen molar-refractivity contribution < 1.29 is 18.7 Å². The predicted molar refractivity (Wildman–Crippen MR) is 102 cm³/mol. The lowest BCUT2D eigenvalue weighted by molar-refractivity contribution is -0.119. The first kappa shape index (κ1) is 18.7. The van der Waals surface area contributed by atoms with E-state index >= 15 is 0 Å². The SMILES string of the molecule is Cc1cc(C)c(NC(=O)COC(=O)c2cc3ccccc3oc2=O)c(Cl)c1. The molecule has 138 valence electrons. The van der Waals surface area contributed by atoms with Gasteiger partial charge in [-0.15, -0.1) is 0 Å². The quantitative estimate of drug-likeness (QED) is 0.544. The summed E-state index contributed by atoms with van der Waals surface area (Å²) in [6, 6.07) is 11.7. The van der Waals surface area contributed by atoms with Gasteiger partial charge in [-0.25, -0.2) is 9.59 Å². The summed E-state index contributed by atoms with van der Waals surface area (Å²) in [5, 5.41) is 3.58. The van der Waals surface area contributed by atoms with E-state index in [9.17, 15) is 14.4 Å². The molecule has 1 aromatic heterocycles. The number of esters is 1. The number of nitrogens with one attached hydrogen (secondary N) is 1. The lowest BCUT2D eigenvalue weighted by atomic mass is 10.1. The fourth-order valence-corrected chi connectivity index (χ4v) is 3.03. The van der Waals surface area contributed by atoms with E-state index in [1.165, 1.54) is 6.07 Å². The first-order chi connectivity index (χ1) is 12.8. The van der Waals surface area contributed by atoms with Gasteiger partial charge in [0.05, 0.1) is 10.7 Å². The third-order valence-electron chi connectivity index (χ3n) is 3.89. The minimum Gasteiger partial charge on any atom is -0.452 e. The van der Waals surface area contributed by atoms with Crippen molar-refractivity contribution in [1.29, 1.82) is 0 Å². The van der Waals surface area contributed by atoms with Crippen molar-refractivity contribution in [3.63, 3.8) is 0 Å². The smallest absolute Gasteiger partial charge is 0.351 e. The Morgan fingerprint density at radius 1 is 1.15 bits per heavy atom. The van der Waals surface area contributed by atoms with Gasteiger partial charge in [0.2, 0.25) is 0 Å². The number of hydrogen-bond acceptors (Lipinski definition) is 5. The number of hydrogen-bond donors (Lipinski definition) is 1. The molecule has 0 aliphatic rings. The van der Waals surface area contributed by atoms with Crippen LogP contribution in [0.3, 0.4) is 0 Å². The van der Waals surface area contributed by atoms with E-state index in [1.807, 2.05) is 13.0 Å². The van der Waals surface area contributed by atoms with Crippen LogP contribution in [0.4, 0.5) is 5.69 Å². The van der Waals surface area contributed by atoms with Gasteiger partial charge in [-0.05, 0) is 43.2 Å². The van der Waals surface area contributed by atoms with Gasteiger partial charge in [-0.1, -0.05) is 35.9 Å². The minimum atomic E-state index is -0.934. The molecule has 3 aromatic rings. The molecular formula is C20H16ClNO5. The van der Waals surface area contributed by atoms with Crippen LogP contribution < -0.4 is 10.9 Å². The number of para-hydroxylation sites is 1. The summed E-state index contributed by atoms with van der Waals surface area (Å²) in [6.07, 6.45) is 0. The summed E-state index contributed by atoms with van der Waals surface area (Å²) in [4.78, 5) is 36.2. The molecule has 0 unspecified atom stereocenters. The Morgan fingerprint density at radius 3 is 2.63 bits per heavy atom. The zero-order valence-corrected chi connectivity index (χ0v) is 15.4. The summed E-state index contributed by atoms with van der Waals surface area (Å²) in [7, 11) is 0. The molecule has 0 bridgehead atoms. The molecule has 0 radical (unpaired) electrons. The Bertz CT molecular complexity index is 1080. The summed E-state index contributed by atoms with van der Waals surface area (Å²) in [5.74, 6) is -1.50. The maximum absolute atomic E-state index is 12.2. The van der Waals surface area contributed by atoms with Gasteiger partial charge in [-0.2, -0.15) is 0 Å². The zero-order chi connectivity index (χ0) is 19.6. The number of anilines is 1.